The largest absolute Gasteiger partial charge is 0.394 e. The van der Waals surface area contributed by atoms with Gasteiger partial charge < -0.3 is 20.8 Å². The molecule has 2 amide bonds. The molecule has 0 aliphatic heterocycles. The van der Waals surface area contributed by atoms with Crippen molar-refractivity contribution in [3.8, 4) is 0 Å². The standard InChI is InChI=1S/C12H18N2O4S/c1-3-12(6-15,7-16)14-11(18)9-4-5-10(19-9)13-8(2)17/h4-5,15-16H,3,6-7H2,1-2H3,(H,13,17)(H,14,18). The summed E-state index contributed by atoms with van der Waals surface area (Å²) in [6.07, 6.45) is 0.412. The normalized spacial score (nSPS) is 11.2. The van der Waals surface area contributed by atoms with Gasteiger partial charge in [-0.2, -0.15) is 0 Å². The Labute approximate surface area is 115 Å². The van der Waals surface area contributed by atoms with E-state index in [0.29, 0.717) is 16.3 Å². The van der Waals surface area contributed by atoms with Crippen LogP contribution in [0.25, 0.3) is 0 Å². The molecule has 1 aromatic heterocycles. The lowest BCUT2D eigenvalue weighted by atomic mass is 9.98. The Bertz CT molecular complexity index is 446. The van der Waals surface area contributed by atoms with Crippen LogP contribution in [-0.2, 0) is 4.79 Å². The molecule has 0 aliphatic carbocycles. The summed E-state index contributed by atoms with van der Waals surface area (Å²) in [5.41, 5.74) is -1.02. The Morgan fingerprint density at radius 1 is 1.32 bits per heavy atom. The second-order valence-electron chi connectivity index (χ2n) is 4.25. The topological polar surface area (TPSA) is 98.7 Å². The number of carbonyl (C=O) groups is 2. The van der Waals surface area contributed by atoms with Crippen molar-refractivity contribution in [2.75, 3.05) is 18.5 Å². The van der Waals surface area contributed by atoms with Crippen LogP contribution in [0.3, 0.4) is 0 Å². The molecule has 0 aromatic carbocycles. The van der Waals surface area contributed by atoms with Gasteiger partial charge in [-0.05, 0) is 18.6 Å². The zero-order chi connectivity index (χ0) is 14.5. The summed E-state index contributed by atoms with van der Waals surface area (Å²) in [6, 6.07) is 3.22. The summed E-state index contributed by atoms with van der Waals surface area (Å²) in [5.74, 6) is -0.589. The molecule has 1 heterocycles. The van der Waals surface area contributed by atoms with Gasteiger partial charge >= 0.3 is 0 Å². The fraction of sp³-hybridized carbons (Fsp3) is 0.500. The van der Waals surface area contributed by atoms with E-state index in [9.17, 15) is 19.8 Å². The molecule has 1 rings (SSSR count). The Kier molecular flexibility index (Phi) is 5.46. The number of hydrogen-bond donors (Lipinski definition) is 4. The monoisotopic (exact) mass is 286 g/mol. The molecular weight excluding hydrogens is 268 g/mol. The Morgan fingerprint density at radius 2 is 1.95 bits per heavy atom. The number of hydrogen-bond acceptors (Lipinski definition) is 5. The summed E-state index contributed by atoms with van der Waals surface area (Å²) in [6.45, 7) is 2.48. The fourth-order valence-corrected chi connectivity index (χ4v) is 2.29. The van der Waals surface area contributed by atoms with E-state index in [1.54, 1.807) is 19.1 Å². The van der Waals surface area contributed by atoms with Gasteiger partial charge in [0.25, 0.3) is 5.91 Å². The van der Waals surface area contributed by atoms with Crippen LogP contribution >= 0.6 is 11.3 Å². The van der Waals surface area contributed by atoms with E-state index in [-0.39, 0.29) is 25.0 Å². The molecule has 0 fully saturated rings. The molecule has 0 spiro atoms. The molecule has 4 N–H and O–H groups in total. The Hall–Kier alpha value is -1.44. The summed E-state index contributed by atoms with van der Waals surface area (Å²) in [4.78, 5) is 23.3. The molecule has 19 heavy (non-hydrogen) atoms. The molecule has 0 unspecified atom stereocenters. The van der Waals surface area contributed by atoms with Gasteiger partial charge in [0.1, 0.15) is 0 Å². The van der Waals surface area contributed by atoms with E-state index in [1.807, 2.05) is 0 Å². The maximum Gasteiger partial charge on any atom is 0.262 e. The highest BCUT2D eigenvalue weighted by molar-refractivity contribution is 7.18. The van der Waals surface area contributed by atoms with Crippen LogP contribution in [0.2, 0.25) is 0 Å². The zero-order valence-electron chi connectivity index (χ0n) is 10.9. The first-order valence-electron chi connectivity index (χ1n) is 5.88. The Balaban J connectivity index is 2.77. The number of anilines is 1. The predicted octanol–water partition coefficient (Wildman–Crippen LogP) is 0.570. The average Bonchev–Trinajstić information content (AvgIpc) is 2.83. The number of amides is 2. The predicted molar refractivity (Wildman–Crippen MR) is 73.3 cm³/mol. The zero-order valence-corrected chi connectivity index (χ0v) is 11.7. The third kappa shape index (κ3) is 4.02. The molecule has 7 heteroatoms. The minimum absolute atomic E-state index is 0.206. The highest BCUT2D eigenvalue weighted by atomic mass is 32.1. The van der Waals surface area contributed by atoms with Crippen molar-refractivity contribution in [2.24, 2.45) is 0 Å². The smallest absolute Gasteiger partial charge is 0.262 e. The van der Waals surface area contributed by atoms with Crippen molar-refractivity contribution in [2.45, 2.75) is 25.8 Å². The second kappa shape index (κ2) is 6.65. The van der Waals surface area contributed by atoms with Crippen LogP contribution in [-0.4, -0.2) is 40.8 Å². The van der Waals surface area contributed by atoms with Gasteiger partial charge in [0, 0.05) is 6.92 Å². The van der Waals surface area contributed by atoms with Crippen molar-refractivity contribution in [3.05, 3.63) is 17.0 Å². The van der Waals surface area contributed by atoms with Gasteiger partial charge in [0.2, 0.25) is 5.91 Å². The van der Waals surface area contributed by atoms with Crippen LogP contribution in [0.15, 0.2) is 12.1 Å². The number of rotatable bonds is 6. The maximum atomic E-state index is 12.0. The van der Waals surface area contributed by atoms with E-state index >= 15 is 0 Å². The highest BCUT2D eigenvalue weighted by Gasteiger charge is 2.29. The molecule has 0 aliphatic rings. The number of aliphatic hydroxyl groups is 2. The van der Waals surface area contributed by atoms with Gasteiger partial charge in [0.05, 0.1) is 28.6 Å². The number of carbonyl (C=O) groups excluding carboxylic acids is 2. The third-order valence-electron chi connectivity index (χ3n) is 2.79. The molecule has 0 radical (unpaired) electrons. The van der Waals surface area contributed by atoms with E-state index in [1.165, 1.54) is 6.92 Å². The lowest BCUT2D eigenvalue weighted by molar-refractivity contribution is -0.114. The van der Waals surface area contributed by atoms with Gasteiger partial charge in [-0.3, -0.25) is 9.59 Å². The quantitative estimate of drug-likeness (QED) is 0.614. The highest BCUT2D eigenvalue weighted by Crippen LogP contribution is 2.22. The van der Waals surface area contributed by atoms with Crippen LogP contribution in [0, 0.1) is 0 Å². The average molecular weight is 286 g/mol. The van der Waals surface area contributed by atoms with Crippen molar-refractivity contribution < 1.29 is 19.8 Å². The Morgan fingerprint density at radius 3 is 2.42 bits per heavy atom. The third-order valence-corrected chi connectivity index (χ3v) is 3.79. The molecule has 0 bridgehead atoms. The van der Waals surface area contributed by atoms with Crippen molar-refractivity contribution in [1.29, 1.82) is 0 Å². The van der Waals surface area contributed by atoms with E-state index in [0.717, 1.165) is 11.3 Å². The van der Waals surface area contributed by atoms with Crippen LogP contribution < -0.4 is 10.6 Å². The molecule has 0 atom stereocenters. The molecule has 0 saturated carbocycles. The number of thiophene rings is 1. The SMILES string of the molecule is CCC(CO)(CO)NC(=O)c1ccc(NC(C)=O)s1. The van der Waals surface area contributed by atoms with Crippen LogP contribution in [0.4, 0.5) is 5.00 Å². The summed E-state index contributed by atoms with van der Waals surface area (Å²) in [5, 5.41) is 24.3. The number of nitrogens with one attached hydrogen (secondary N) is 2. The van der Waals surface area contributed by atoms with Crippen molar-refractivity contribution in [3.63, 3.8) is 0 Å². The maximum absolute atomic E-state index is 12.0. The molecule has 106 valence electrons. The van der Waals surface area contributed by atoms with Gasteiger partial charge in [0.15, 0.2) is 0 Å². The van der Waals surface area contributed by atoms with Crippen LogP contribution in [0.1, 0.15) is 29.9 Å². The lowest BCUT2D eigenvalue weighted by Gasteiger charge is -2.29. The fourth-order valence-electron chi connectivity index (χ4n) is 1.44. The first kappa shape index (κ1) is 15.6. The van der Waals surface area contributed by atoms with E-state index < -0.39 is 5.54 Å². The summed E-state index contributed by atoms with van der Waals surface area (Å²) >= 11 is 1.13. The first-order chi connectivity index (χ1) is 8.96. The summed E-state index contributed by atoms with van der Waals surface area (Å²) < 4.78 is 0. The molecular formula is C12H18N2O4S. The minimum atomic E-state index is -1.02. The van der Waals surface area contributed by atoms with Gasteiger partial charge in [-0.15, -0.1) is 11.3 Å². The summed E-state index contributed by atoms with van der Waals surface area (Å²) in [7, 11) is 0. The van der Waals surface area contributed by atoms with E-state index in [2.05, 4.69) is 10.6 Å². The molecule has 1 aromatic rings. The molecule has 6 nitrogen and oxygen atoms in total. The van der Waals surface area contributed by atoms with Crippen molar-refractivity contribution in [1.82, 2.24) is 5.32 Å². The van der Waals surface area contributed by atoms with Crippen LogP contribution in [0.5, 0.6) is 0 Å². The number of aliphatic hydroxyl groups excluding tert-OH is 2. The minimum Gasteiger partial charge on any atom is -0.394 e. The van der Waals surface area contributed by atoms with Gasteiger partial charge in [-0.1, -0.05) is 6.92 Å². The second-order valence-corrected chi connectivity index (χ2v) is 5.33. The lowest BCUT2D eigenvalue weighted by Crippen LogP contribution is -2.53. The first-order valence-corrected chi connectivity index (χ1v) is 6.69. The van der Waals surface area contributed by atoms with E-state index in [4.69, 9.17) is 0 Å². The van der Waals surface area contributed by atoms with Gasteiger partial charge in [-0.25, -0.2) is 0 Å². The molecule has 0 saturated heterocycles. The van der Waals surface area contributed by atoms with Crippen molar-refractivity contribution >= 4 is 28.2 Å².